The molecule has 0 saturated carbocycles. The Morgan fingerprint density at radius 3 is 2.26 bits per heavy atom. The molecular weight excluding hydrogens is 290 g/mol. The summed E-state index contributed by atoms with van der Waals surface area (Å²) in [4.78, 5) is 24.2. The van der Waals surface area contributed by atoms with Gasteiger partial charge in [0.05, 0.1) is 12.5 Å². The van der Waals surface area contributed by atoms with E-state index in [-0.39, 0.29) is 24.9 Å². The molecule has 0 radical (unpaired) electrons. The Hall–Kier alpha value is -2.88. The zero-order valence-corrected chi connectivity index (χ0v) is 12.8. The molecule has 0 fully saturated rings. The summed E-state index contributed by atoms with van der Waals surface area (Å²) in [7, 11) is 0. The zero-order valence-electron chi connectivity index (χ0n) is 12.8. The first kappa shape index (κ1) is 16.5. The van der Waals surface area contributed by atoms with Gasteiger partial charge in [0.1, 0.15) is 6.61 Å². The van der Waals surface area contributed by atoms with Crippen molar-refractivity contribution in [2.75, 3.05) is 6.61 Å². The molecule has 0 aliphatic heterocycles. The van der Waals surface area contributed by atoms with Gasteiger partial charge in [0, 0.05) is 5.56 Å². The van der Waals surface area contributed by atoms with Gasteiger partial charge >= 0.3 is 5.97 Å². The van der Waals surface area contributed by atoms with Gasteiger partial charge in [-0.25, -0.2) is 0 Å². The average Bonchev–Trinajstić information content (AvgIpc) is 2.61. The van der Waals surface area contributed by atoms with Crippen molar-refractivity contribution in [3.63, 3.8) is 0 Å². The van der Waals surface area contributed by atoms with E-state index in [1.165, 1.54) is 6.08 Å². The van der Waals surface area contributed by atoms with Crippen molar-refractivity contribution >= 4 is 11.9 Å². The van der Waals surface area contributed by atoms with Crippen LogP contribution in [0.5, 0.6) is 0 Å². The largest absolute Gasteiger partial charge is 0.461 e. The van der Waals surface area contributed by atoms with Gasteiger partial charge in [-0.15, -0.1) is 0 Å². The van der Waals surface area contributed by atoms with Crippen molar-refractivity contribution in [3.05, 3.63) is 84.4 Å². The number of amides is 1. The molecule has 0 aliphatic carbocycles. The molecule has 4 nitrogen and oxygen atoms in total. The number of benzene rings is 2. The Morgan fingerprint density at radius 2 is 1.65 bits per heavy atom. The third-order valence-corrected chi connectivity index (χ3v) is 3.28. The van der Waals surface area contributed by atoms with E-state index in [9.17, 15) is 9.59 Å². The first-order valence-corrected chi connectivity index (χ1v) is 7.38. The first-order valence-electron chi connectivity index (χ1n) is 7.38. The standard InChI is InChI=1S/C19H19NO3/c1-2-13-23-18(21)14-17(15-9-5-3-6-10-15)20-19(22)16-11-7-4-8-12-16/h2-12,17H,1,13-14H2,(H,20,22)/t17-/m0/s1. The molecule has 0 saturated heterocycles. The van der Waals surface area contributed by atoms with Crippen molar-refractivity contribution in [1.82, 2.24) is 5.32 Å². The van der Waals surface area contributed by atoms with Gasteiger partial charge in [-0.05, 0) is 17.7 Å². The summed E-state index contributed by atoms with van der Waals surface area (Å²) in [5.74, 6) is -0.608. The molecule has 0 bridgehead atoms. The van der Waals surface area contributed by atoms with Gasteiger partial charge in [0.25, 0.3) is 5.91 Å². The minimum absolute atomic E-state index is 0.0659. The fourth-order valence-electron chi connectivity index (χ4n) is 2.15. The highest BCUT2D eigenvalue weighted by Gasteiger charge is 2.19. The topological polar surface area (TPSA) is 55.4 Å². The second kappa shape index (κ2) is 8.54. The van der Waals surface area contributed by atoms with Crippen LogP contribution in [0.15, 0.2) is 73.3 Å². The molecule has 0 aromatic heterocycles. The molecule has 23 heavy (non-hydrogen) atoms. The van der Waals surface area contributed by atoms with Crippen LogP contribution in [0.4, 0.5) is 0 Å². The molecule has 2 aromatic carbocycles. The zero-order chi connectivity index (χ0) is 16.5. The van der Waals surface area contributed by atoms with Crippen molar-refractivity contribution in [2.45, 2.75) is 12.5 Å². The minimum Gasteiger partial charge on any atom is -0.461 e. The molecule has 0 spiro atoms. The SMILES string of the molecule is C=CCOC(=O)C[C@H](NC(=O)c1ccccc1)c1ccccc1. The predicted octanol–water partition coefficient (Wildman–Crippen LogP) is 3.28. The van der Waals surface area contributed by atoms with Crippen molar-refractivity contribution < 1.29 is 14.3 Å². The molecule has 1 N–H and O–H groups in total. The second-order valence-electron chi connectivity index (χ2n) is 4.98. The number of carbonyl (C=O) groups excluding carboxylic acids is 2. The van der Waals surface area contributed by atoms with Crippen LogP contribution in [0.25, 0.3) is 0 Å². The van der Waals surface area contributed by atoms with Gasteiger partial charge in [-0.1, -0.05) is 61.2 Å². The van der Waals surface area contributed by atoms with E-state index in [0.717, 1.165) is 5.56 Å². The molecular formula is C19H19NO3. The second-order valence-corrected chi connectivity index (χ2v) is 4.98. The summed E-state index contributed by atoms with van der Waals surface area (Å²) in [5.41, 5.74) is 1.40. The molecule has 0 heterocycles. The van der Waals surface area contributed by atoms with Crippen molar-refractivity contribution in [2.24, 2.45) is 0 Å². The summed E-state index contributed by atoms with van der Waals surface area (Å²) < 4.78 is 5.02. The molecule has 0 aliphatic rings. The predicted molar refractivity (Wildman–Crippen MR) is 88.9 cm³/mol. The normalized spacial score (nSPS) is 11.3. The summed E-state index contributed by atoms with van der Waals surface area (Å²) >= 11 is 0. The van der Waals surface area contributed by atoms with Crippen molar-refractivity contribution in [3.8, 4) is 0 Å². The highest BCUT2D eigenvalue weighted by Crippen LogP contribution is 2.18. The fourth-order valence-corrected chi connectivity index (χ4v) is 2.15. The van der Waals surface area contributed by atoms with E-state index < -0.39 is 6.04 Å². The van der Waals surface area contributed by atoms with Crippen LogP contribution in [0.2, 0.25) is 0 Å². The number of hydrogen-bond acceptors (Lipinski definition) is 3. The lowest BCUT2D eigenvalue weighted by Gasteiger charge is -2.18. The van der Waals surface area contributed by atoms with Crippen LogP contribution in [-0.4, -0.2) is 18.5 Å². The summed E-state index contributed by atoms with van der Waals surface area (Å²) in [5, 5.41) is 2.89. The van der Waals surface area contributed by atoms with Gasteiger partial charge in [0.15, 0.2) is 0 Å². The number of carbonyl (C=O) groups is 2. The smallest absolute Gasteiger partial charge is 0.308 e. The maximum absolute atomic E-state index is 12.3. The van der Waals surface area contributed by atoms with Crippen LogP contribution in [0.3, 0.4) is 0 Å². The van der Waals surface area contributed by atoms with Crippen LogP contribution in [0, 0.1) is 0 Å². The molecule has 4 heteroatoms. The highest BCUT2D eigenvalue weighted by molar-refractivity contribution is 5.94. The Kier molecular flexibility index (Phi) is 6.12. The lowest BCUT2D eigenvalue weighted by atomic mass is 10.0. The summed E-state index contributed by atoms with van der Waals surface area (Å²) in [6.45, 7) is 3.67. The summed E-state index contributed by atoms with van der Waals surface area (Å²) in [6.07, 6.45) is 1.58. The number of rotatable bonds is 7. The van der Waals surface area contributed by atoms with E-state index in [0.29, 0.717) is 5.56 Å². The van der Waals surface area contributed by atoms with E-state index in [1.807, 2.05) is 36.4 Å². The Labute approximate surface area is 135 Å². The van der Waals surface area contributed by atoms with Crippen LogP contribution in [0.1, 0.15) is 28.4 Å². The van der Waals surface area contributed by atoms with E-state index >= 15 is 0 Å². The lowest BCUT2D eigenvalue weighted by molar-refractivity contribution is -0.142. The van der Waals surface area contributed by atoms with Gasteiger partial charge in [-0.2, -0.15) is 0 Å². The Balaban J connectivity index is 2.12. The minimum atomic E-state index is -0.443. The Bertz CT molecular complexity index is 653. The number of ether oxygens (including phenoxy) is 1. The van der Waals surface area contributed by atoms with Crippen LogP contribution >= 0.6 is 0 Å². The van der Waals surface area contributed by atoms with E-state index in [4.69, 9.17) is 4.74 Å². The number of hydrogen-bond donors (Lipinski definition) is 1. The quantitative estimate of drug-likeness (QED) is 0.631. The molecule has 118 valence electrons. The monoisotopic (exact) mass is 309 g/mol. The molecule has 1 atom stereocenters. The number of nitrogens with one attached hydrogen (secondary N) is 1. The molecule has 0 unspecified atom stereocenters. The van der Waals surface area contributed by atoms with Crippen molar-refractivity contribution in [1.29, 1.82) is 0 Å². The molecule has 2 rings (SSSR count). The third kappa shape index (κ3) is 5.11. The van der Waals surface area contributed by atoms with Gasteiger partial charge in [-0.3, -0.25) is 9.59 Å². The van der Waals surface area contributed by atoms with Crippen LogP contribution < -0.4 is 5.32 Å². The van der Waals surface area contributed by atoms with E-state index in [2.05, 4.69) is 11.9 Å². The van der Waals surface area contributed by atoms with Gasteiger partial charge in [0.2, 0.25) is 0 Å². The first-order chi connectivity index (χ1) is 11.2. The molecule has 1 amide bonds. The van der Waals surface area contributed by atoms with E-state index in [1.54, 1.807) is 24.3 Å². The van der Waals surface area contributed by atoms with Gasteiger partial charge < -0.3 is 10.1 Å². The third-order valence-electron chi connectivity index (χ3n) is 3.28. The highest BCUT2D eigenvalue weighted by atomic mass is 16.5. The number of esters is 1. The Morgan fingerprint density at radius 1 is 1.04 bits per heavy atom. The maximum atomic E-state index is 12.3. The average molecular weight is 309 g/mol. The van der Waals surface area contributed by atoms with Crippen LogP contribution in [-0.2, 0) is 9.53 Å². The maximum Gasteiger partial charge on any atom is 0.308 e. The summed E-state index contributed by atoms with van der Waals surface area (Å²) in [6, 6.07) is 17.8. The lowest BCUT2D eigenvalue weighted by Crippen LogP contribution is -2.30. The molecule has 2 aromatic rings. The fraction of sp³-hybridized carbons (Fsp3) is 0.158.